The summed E-state index contributed by atoms with van der Waals surface area (Å²) in [7, 11) is 0. The molecule has 162 valence electrons. The van der Waals surface area contributed by atoms with Crippen LogP contribution >= 0.6 is 0 Å². The zero-order chi connectivity index (χ0) is 23.4. The Labute approximate surface area is 202 Å². The van der Waals surface area contributed by atoms with Gasteiger partial charge >= 0.3 is 0 Å². The van der Waals surface area contributed by atoms with Gasteiger partial charge in [-0.1, -0.05) is 91.0 Å². The Hall–Kier alpha value is -4.87. The van der Waals surface area contributed by atoms with E-state index in [1.54, 1.807) is 0 Å². The number of rotatable bonds is 2. The second kappa shape index (κ2) is 7.58. The van der Waals surface area contributed by atoms with Gasteiger partial charge in [0, 0.05) is 16.3 Å². The van der Waals surface area contributed by atoms with Crippen LogP contribution in [0.15, 0.2) is 120 Å². The largest absolute Gasteiger partial charge is 0.455 e. The Balaban J connectivity index is 1.49. The van der Waals surface area contributed by atoms with Crippen LogP contribution in [0.3, 0.4) is 0 Å². The Morgan fingerprint density at radius 2 is 1.14 bits per heavy atom. The van der Waals surface area contributed by atoms with Gasteiger partial charge in [-0.25, -0.2) is 0 Å². The normalized spacial score (nSPS) is 11.4. The van der Waals surface area contributed by atoms with Crippen molar-refractivity contribution in [2.45, 2.75) is 0 Å². The number of nitriles is 1. The maximum absolute atomic E-state index is 9.08. The first kappa shape index (κ1) is 19.6. The highest BCUT2D eigenvalue weighted by Crippen LogP contribution is 2.43. The highest BCUT2D eigenvalue weighted by atomic mass is 16.3. The Bertz CT molecular complexity index is 1940. The van der Waals surface area contributed by atoms with Gasteiger partial charge in [-0.3, -0.25) is 0 Å². The van der Waals surface area contributed by atoms with Gasteiger partial charge < -0.3 is 4.42 Å². The summed E-state index contributed by atoms with van der Waals surface area (Å²) in [6.07, 6.45) is 0. The van der Waals surface area contributed by atoms with Crippen LogP contribution in [-0.4, -0.2) is 0 Å². The minimum Gasteiger partial charge on any atom is -0.455 e. The molecular weight excluding hydrogens is 426 g/mol. The summed E-state index contributed by atoms with van der Waals surface area (Å²) in [5.74, 6) is 0. The van der Waals surface area contributed by atoms with Crippen molar-refractivity contribution in [3.63, 3.8) is 0 Å². The molecule has 35 heavy (non-hydrogen) atoms. The fourth-order valence-electron chi connectivity index (χ4n) is 5.18. The van der Waals surface area contributed by atoms with E-state index in [9.17, 15) is 0 Å². The molecule has 7 rings (SSSR count). The zero-order valence-corrected chi connectivity index (χ0v) is 18.8. The molecule has 1 heterocycles. The smallest absolute Gasteiger partial charge is 0.143 e. The average Bonchev–Trinajstić information content (AvgIpc) is 3.33. The Kier molecular flexibility index (Phi) is 4.24. The lowest BCUT2D eigenvalue weighted by Crippen LogP contribution is -1.84. The lowest BCUT2D eigenvalue weighted by molar-refractivity contribution is 0.670. The Morgan fingerprint density at radius 3 is 1.86 bits per heavy atom. The van der Waals surface area contributed by atoms with Crippen LogP contribution in [-0.2, 0) is 0 Å². The van der Waals surface area contributed by atoms with Gasteiger partial charge in [0.2, 0.25) is 0 Å². The van der Waals surface area contributed by atoms with Crippen molar-refractivity contribution < 1.29 is 4.42 Å². The average molecular weight is 446 g/mol. The minimum atomic E-state index is 0.668. The van der Waals surface area contributed by atoms with Gasteiger partial charge in [0.15, 0.2) is 0 Å². The van der Waals surface area contributed by atoms with Crippen molar-refractivity contribution in [3.05, 3.63) is 121 Å². The molecule has 0 bridgehead atoms. The van der Waals surface area contributed by atoms with Gasteiger partial charge in [0.1, 0.15) is 11.2 Å². The summed E-state index contributed by atoms with van der Waals surface area (Å²) >= 11 is 0. The molecule has 2 nitrogen and oxygen atoms in total. The van der Waals surface area contributed by atoms with Gasteiger partial charge in [-0.2, -0.15) is 5.26 Å². The lowest BCUT2D eigenvalue weighted by Gasteiger charge is -2.09. The second-order valence-corrected chi connectivity index (χ2v) is 8.88. The fourth-order valence-corrected chi connectivity index (χ4v) is 5.18. The molecule has 2 heteroatoms. The maximum atomic E-state index is 9.08. The molecule has 0 saturated carbocycles. The summed E-state index contributed by atoms with van der Waals surface area (Å²) in [5.41, 5.74) is 6.90. The molecule has 0 N–H and O–H groups in total. The fraction of sp³-hybridized carbons (Fsp3) is 0. The molecule has 0 unspecified atom stereocenters. The van der Waals surface area contributed by atoms with Crippen molar-refractivity contribution in [3.8, 4) is 28.3 Å². The molecule has 0 atom stereocenters. The van der Waals surface area contributed by atoms with Gasteiger partial charge in [-0.05, 0) is 62.5 Å². The lowest BCUT2D eigenvalue weighted by atomic mass is 9.94. The summed E-state index contributed by atoms with van der Waals surface area (Å²) in [6, 6.07) is 42.0. The number of nitrogens with zero attached hydrogens (tertiary/aromatic N) is 1. The van der Waals surface area contributed by atoms with Crippen molar-refractivity contribution >= 4 is 43.5 Å². The van der Waals surface area contributed by atoms with E-state index in [0.29, 0.717) is 5.56 Å². The summed E-state index contributed by atoms with van der Waals surface area (Å²) in [4.78, 5) is 0. The number of hydrogen-bond acceptors (Lipinski definition) is 2. The SMILES string of the molecule is N#Cc1ccc(-c2ccc(-c3cc4ccccc4c4c3oc3ccc5ccccc5c34)cc2)cc1. The van der Waals surface area contributed by atoms with Gasteiger partial charge in [0.25, 0.3) is 0 Å². The van der Waals surface area contributed by atoms with E-state index in [4.69, 9.17) is 9.68 Å². The summed E-state index contributed by atoms with van der Waals surface area (Å²) < 4.78 is 6.56. The van der Waals surface area contributed by atoms with Gasteiger partial charge in [0.05, 0.1) is 11.6 Å². The molecule has 0 aliphatic heterocycles. The predicted octanol–water partition coefficient (Wildman–Crippen LogP) is 9.10. The minimum absolute atomic E-state index is 0.668. The quantitative estimate of drug-likeness (QED) is 0.266. The number of hydrogen-bond donors (Lipinski definition) is 0. The van der Waals surface area contributed by atoms with Crippen molar-refractivity contribution in [2.24, 2.45) is 0 Å². The van der Waals surface area contributed by atoms with Crippen LogP contribution in [0, 0.1) is 11.3 Å². The second-order valence-electron chi connectivity index (χ2n) is 8.88. The van der Waals surface area contributed by atoms with E-state index >= 15 is 0 Å². The third kappa shape index (κ3) is 3.03. The summed E-state index contributed by atoms with van der Waals surface area (Å²) in [6.45, 7) is 0. The Morgan fingerprint density at radius 1 is 0.543 bits per heavy atom. The van der Waals surface area contributed by atoms with Crippen LogP contribution < -0.4 is 0 Å². The molecule has 0 amide bonds. The van der Waals surface area contributed by atoms with Crippen molar-refractivity contribution in [1.82, 2.24) is 0 Å². The molecule has 7 aromatic rings. The first-order valence-corrected chi connectivity index (χ1v) is 11.7. The molecule has 6 aromatic carbocycles. The highest BCUT2D eigenvalue weighted by Gasteiger charge is 2.18. The molecule has 0 radical (unpaired) electrons. The van der Waals surface area contributed by atoms with Crippen LogP contribution in [0.2, 0.25) is 0 Å². The molecule has 0 aliphatic carbocycles. The van der Waals surface area contributed by atoms with E-state index in [1.807, 2.05) is 24.3 Å². The number of furan rings is 1. The van der Waals surface area contributed by atoms with E-state index in [-0.39, 0.29) is 0 Å². The molecule has 0 fully saturated rings. The topological polar surface area (TPSA) is 36.9 Å². The molecule has 0 saturated heterocycles. The van der Waals surface area contributed by atoms with Crippen LogP contribution in [0.1, 0.15) is 5.56 Å². The highest BCUT2D eigenvalue weighted by molar-refractivity contribution is 6.28. The number of fused-ring (bicyclic) bond motifs is 7. The monoisotopic (exact) mass is 445 g/mol. The zero-order valence-electron chi connectivity index (χ0n) is 18.8. The maximum Gasteiger partial charge on any atom is 0.143 e. The third-order valence-corrected chi connectivity index (χ3v) is 6.90. The van der Waals surface area contributed by atoms with E-state index in [0.717, 1.165) is 33.4 Å². The van der Waals surface area contributed by atoms with Crippen LogP contribution in [0.25, 0.3) is 65.7 Å². The summed E-state index contributed by atoms with van der Waals surface area (Å²) in [5, 5.41) is 16.2. The first-order chi connectivity index (χ1) is 17.3. The van der Waals surface area contributed by atoms with Crippen LogP contribution in [0.4, 0.5) is 0 Å². The third-order valence-electron chi connectivity index (χ3n) is 6.90. The van der Waals surface area contributed by atoms with Crippen molar-refractivity contribution in [2.75, 3.05) is 0 Å². The van der Waals surface area contributed by atoms with Gasteiger partial charge in [-0.15, -0.1) is 0 Å². The van der Waals surface area contributed by atoms with Crippen molar-refractivity contribution in [1.29, 1.82) is 5.26 Å². The molecule has 0 spiro atoms. The molecule has 1 aromatic heterocycles. The van der Waals surface area contributed by atoms with Crippen LogP contribution in [0.5, 0.6) is 0 Å². The number of benzene rings is 6. The molecule has 0 aliphatic rings. The predicted molar refractivity (Wildman–Crippen MR) is 144 cm³/mol. The molecular formula is C33H19NO. The standard InChI is InChI=1S/C33H19NO/c34-20-21-9-11-22(12-10-21)23-13-15-25(16-14-23)29-19-26-6-2-4-8-28(26)32-31-27-7-3-1-5-24(27)17-18-30(31)35-33(29)32/h1-19H. The first-order valence-electron chi connectivity index (χ1n) is 11.7. The van der Waals surface area contributed by atoms with E-state index in [2.05, 4.69) is 97.1 Å². The van der Waals surface area contributed by atoms with E-state index in [1.165, 1.54) is 32.3 Å². The van der Waals surface area contributed by atoms with E-state index < -0.39 is 0 Å².